The Hall–Kier alpha value is -2.63. The summed E-state index contributed by atoms with van der Waals surface area (Å²) < 4.78 is 5.00. The van der Waals surface area contributed by atoms with E-state index in [0.717, 1.165) is 35.4 Å². The van der Waals surface area contributed by atoms with E-state index in [-0.39, 0.29) is 5.56 Å². The van der Waals surface area contributed by atoms with Crippen molar-refractivity contribution in [2.24, 2.45) is 0 Å². The number of aryl methyl sites for hydroxylation is 1. The molecule has 106 valence electrons. The van der Waals surface area contributed by atoms with E-state index in [1.807, 2.05) is 19.1 Å². The fourth-order valence-electron chi connectivity index (χ4n) is 2.87. The third kappa shape index (κ3) is 1.91. The number of H-pyrrole nitrogens is 1. The monoisotopic (exact) mass is 282 g/mol. The number of aromatic amines is 1. The van der Waals surface area contributed by atoms with Gasteiger partial charge < -0.3 is 14.4 Å². The van der Waals surface area contributed by atoms with Gasteiger partial charge in [0, 0.05) is 42.2 Å². The molecular formula is C15H14N4O2. The van der Waals surface area contributed by atoms with Gasteiger partial charge in [0.05, 0.1) is 11.4 Å². The molecule has 21 heavy (non-hydrogen) atoms. The molecule has 0 saturated carbocycles. The molecular weight excluding hydrogens is 268 g/mol. The number of anilines is 1. The zero-order valence-electron chi connectivity index (χ0n) is 11.5. The molecule has 1 saturated heterocycles. The van der Waals surface area contributed by atoms with Gasteiger partial charge in [0.15, 0.2) is 0 Å². The van der Waals surface area contributed by atoms with Crippen LogP contribution >= 0.6 is 0 Å². The lowest BCUT2D eigenvalue weighted by atomic mass is 9.93. The standard InChI is InChI=1S/C15H14N4O2/c1-9-8-21-18-14(9)10-6-19(7-10)12-5-13(20)17-15-11(12)3-2-4-16-15/h2-5,8,10H,6-7H2,1H3,(H,16,17,20). The Morgan fingerprint density at radius 2 is 2.29 bits per heavy atom. The van der Waals surface area contributed by atoms with E-state index < -0.39 is 0 Å². The summed E-state index contributed by atoms with van der Waals surface area (Å²) in [6.07, 6.45) is 3.35. The van der Waals surface area contributed by atoms with Crippen molar-refractivity contribution >= 4 is 16.7 Å². The number of nitrogens with zero attached hydrogens (tertiary/aromatic N) is 3. The van der Waals surface area contributed by atoms with Gasteiger partial charge in [0.25, 0.3) is 5.56 Å². The molecule has 0 amide bonds. The minimum atomic E-state index is -0.128. The lowest BCUT2D eigenvalue weighted by molar-refractivity contribution is 0.393. The Morgan fingerprint density at radius 1 is 1.43 bits per heavy atom. The van der Waals surface area contributed by atoms with Crippen LogP contribution in [0, 0.1) is 6.92 Å². The maximum atomic E-state index is 11.8. The van der Waals surface area contributed by atoms with Crippen molar-refractivity contribution in [3.05, 3.63) is 52.3 Å². The van der Waals surface area contributed by atoms with Gasteiger partial charge in [-0.2, -0.15) is 0 Å². The molecule has 0 radical (unpaired) electrons. The second-order valence-electron chi connectivity index (χ2n) is 5.40. The summed E-state index contributed by atoms with van der Waals surface area (Å²) in [6.45, 7) is 3.67. The molecule has 0 aliphatic carbocycles. The molecule has 4 rings (SSSR count). The number of hydrogen-bond donors (Lipinski definition) is 1. The zero-order valence-corrected chi connectivity index (χ0v) is 11.5. The highest BCUT2D eigenvalue weighted by Crippen LogP contribution is 2.34. The van der Waals surface area contributed by atoms with E-state index in [1.165, 1.54) is 0 Å². The average Bonchev–Trinajstić information content (AvgIpc) is 2.83. The van der Waals surface area contributed by atoms with E-state index in [9.17, 15) is 4.79 Å². The summed E-state index contributed by atoms with van der Waals surface area (Å²) in [5.41, 5.74) is 3.52. The highest BCUT2D eigenvalue weighted by atomic mass is 16.5. The molecule has 3 aromatic rings. The molecule has 1 aliphatic rings. The summed E-state index contributed by atoms with van der Waals surface area (Å²) in [5, 5.41) is 5.03. The zero-order chi connectivity index (χ0) is 14.4. The van der Waals surface area contributed by atoms with Crippen LogP contribution in [-0.2, 0) is 0 Å². The molecule has 4 heterocycles. The van der Waals surface area contributed by atoms with E-state index >= 15 is 0 Å². The molecule has 0 aromatic carbocycles. The van der Waals surface area contributed by atoms with Gasteiger partial charge in [-0.3, -0.25) is 4.79 Å². The number of rotatable bonds is 2. The van der Waals surface area contributed by atoms with Crippen LogP contribution in [0.2, 0.25) is 0 Å². The molecule has 0 bridgehead atoms. The summed E-state index contributed by atoms with van der Waals surface area (Å²) in [5.74, 6) is 0.356. The lowest BCUT2D eigenvalue weighted by Crippen LogP contribution is -2.45. The molecule has 1 fully saturated rings. The third-order valence-electron chi connectivity index (χ3n) is 3.99. The first-order valence-electron chi connectivity index (χ1n) is 6.86. The maximum Gasteiger partial charge on any atom is 0.251 e. The smallest absolute Gasteiger partial charge is 0.251 e. The normalized spacial score (nSPS) is 15.4. The van der Waals surface area contributed by atoms with Crippen molar-refractivity contribution in [3.63, 3.8) is 0 Å². The third-order valence-corrected chi connectivity index (χ3v) is 3.99. The summed E-state index contributed by atoms with van der Waals surface area (Å²) in [4.78, 5) is 20.9. The Kier molecular flexibility index (Phi) is 2.57. The van der Waals surface area contributed by atoms with Crippen LogP contribution in [0.4, 0.5) is 5.69 Å². The van der Waals surface area contributed by atoms with E-state index in [4.69, 9.17) is 4.52 Å². The van der Waals surface area contributed by atoms with Crippen LogP contribution in [0.5, 0.6) is 0 Å². The number of fused-ring (bicyclic) bond motifs is 1. The van der Waals surface area contributed by atoms with Crippen molar-refractivity contribution in [2.45, 2.75) is 12.8 Å². The predicted molar refractivity (Wildman–Crippen MR) is 78.6 cm³/mol. The quantitative estimate of drug-likeness (QED) is 0.776. The first kappa shape index (κ1) is 12.1. The Bertz CT molecular complexity index is 861. The molecule has 1 aliphatic heterocycles. The number of hydrogen-bond acceptors (Lipinski definition) is 5. The Morgan fingerprint density at radius 3 is 3.05 bits per heavy atom. The number of pyridine rings is 2. The van der Waals surface area contributed by atoms with Crippen LogP contribution in [0.15, 0.2) is 40.0 Å². The fraction of sp³-hybridized carbons (Fsp3) is 0.267. The fourth-order valence-corrected chi connectivity index (χ4v) is 2.87. The molecule has 3 aromatic heterocycles. The average molecular weight is 282 g/mol. The molecule has 1 N–H and O–H groups in total. The van der Waals surface area contributed by atoms with E-state index in [1.54, 1.807) is 18.5 Å². The van der Waals surface area contributed by atoms with Gasteiger partial charge in [-0.15, -0.1) is 0 Å². The van der Waals surface area contributed by atoms with Crippen molar-refractivity contribution in [2.75, 3.05) is 18.0 Å². The van der Waals surface area contributed by atoms with Crippen molar-refractivity contribution in [3.8, 4) is 0 Å². The van der Waals surface area contributed by atoms with Gasteiger partial charge in [-0.25, -0.2) is 4.98 Å². The van der Waals surface area contributed by atoms with Gasteiger partial charge in [0.2, 0.25) is 0 Å². The largest absolute Gasteiger partial charge is 0.369 e. The van der Waals surface area contributed by atoms with E-state index in [0.29, 0.717) is 11.6 Å². The van der Waals surface area contributed by atoms with Crippen LogP contribution in [0.25, 0.3) is 11.0 Å². The summed E-state index contributed by atoms with van der Waals surface area (Å²) in [7, 11) is 0. The highest BCUT2D eigenvalue weighted by Gasteiger charge is 2.32. The van der Waals surface area contributed by atoms with Gasteiger partial charge in [-0.05, 0) is 19.1 Å². The van der Waals surface area contributed by atoms with Crippen LogP contribution in [0.1, 0.15) is 17.2 Å². The highest BCUT2D eigenvalue weighted by molar-refractivity contribution is 5.89. The molecule has 6 heteroatoms. The lowest BCUT2D eigenvalue weighted by Gasteiger charge is -2.40. The van der Waals surface area contributed by atoms with Crippen LogP contribution in [-0.4, -0.2) is 28.2 Å². The Labute approximate surface area is 120 Å². The SMILES string of the molecule is Cc1conc1C1CN(c2cc(=O)[nH]c3ncccc23)C1. The summed E-state index contributed by atoms with van der Waals surface area (Å²) >= 11 is 0. The van der Waals surface area contributed by atoms with E-state index in [2.05, 4.69) is 20.0 Å². The second-order valence-corrected chi connectivity index (χ2v) is 5.40. The predicted octanol–water partition coefficient (Wildman–Crippen LogP) is 1.82. The molecule has 0 spiro atoms. The molecule has 0 unspecified atom stereocenters. The van der Waals surface area contributed by atoms with Crippen molar-refractivity contribution in [1.82, 2.24) is 15.1 Å². The minimum Gasteiger partial charge on any atom is -0.369 e. The van der Waals surface area contributed by atoms with Crippen LogP contribution in [0.3, 0.4) is 0 Å². The number of aromatic nitrogens is 3. The van der Waals surface area contributed by atoms with Gasteiger partial charge in [-0.1, -0.05) is 5.16 Å². The maximum absolute atomic E-state index is 11.8. The van der Waals surface area contributed by atoms with Crippen molar-refractivity contribution in [1.29, 1.82) is 0 Å². The molecule has 0 atom stereocenters. The van der Waals surface area contributed by atoms with Crippen LogP contribution < -0.4 is 10.5 Å². The Balaban J connectivity index is 1.67. The van der Waals surface area contributed by atoms with Gasteiger partial charge in [0.1, 0.15) is 11.9 Å². The summed E-state index contributed by atoms with van der Waals surface area (Å²) in [6, 6.07) is 5.49. The minimum absolute atomic E-state index is 0.128. The first-order valence-corrected chi connectivity index (χ1v) is 6.86. The first-order chi connectivity index (χ1) is 10.2. The van der Waals surface area contributed by atoms with Gasteiger partial charge >= 0.3 is 0 Å². The molecule has 6 nitrogen and oxygen atoms in total. The van der Waals surface area contributed by atoms with Crippen molar-refractivity contribution < 1.29 is 4.52 Å². The second kappa shape index (κ2) is 4.44. The number of nitrogens with one attached hydrogen (secondary N) is 1. The topological polar surface area (TPSA) is 75.0 Å².